The first-order valence-corrected chi connectivity index (χ1v) is 10.7. The largest absolute Gasteiger partial charge is 0.507 e. The van der Waals surface area contributed by atoms with E-state index in [-0.39, 0.29) is 29.0 Å². The van der Waals surface area contributed by atoms with E-state index in [1.54, 1.807) is 12.1 Å². The van der Waals surface area contributed by atoms with Crippen molar-refractivity contribution in [1.29, 1.82) is 0 Å². The van der Waals surface area contributed by atoms with Crippen LogP contribution in [0.25, 0.3) is 16.8 Å². The molecular weight excluding hydrogens is 414 g/mol. The molecule has 2 amide bonds. The number of phenolic OH excluding ortho intramolecular Hbond substituents is 1. The molecule has 0 saturated carbocycles. The first kappa shape index (κ1) is 20.8. The molecule has 0 bridgehead atoms. The van der Waals surface area contributed by atoms with E-state index in [1.165, 1.54) is 12.1 Å². The van der Waals surface area contributed by atoms with Crippen molar-refractivity contribution in [2.45, 2.75) is 6.92 Å². The first-order chi connectivity index (χ1) is 15.1. The lowest BCUT2D eigenvalue weighted by molar-refractivity contribution is -0.123. The molecule has 158 valence electrons. The van der Waals surface area contributed by atoms with Gasteiger partial charge in [-0.15, -0.1) is 0 Å². The van der Waals surface area contributed by atoms with Crippen LogP contribution in [0.1, 0.15) is 12.5 Å². The fraction of sp³-hybridized carbons (Fsp3) is 0.167. The molecule has 4 rings (SSSR count). The summed E-state index contributed by atoms with van der Waals surface area (Å²) in [6, 6.07) is 18.4. The standard InChI is InChI=1S/C24H21NO5S/c1-2-29-18-10-11-20(26)17(14-18)15-22-23(27)25(24(28)31-22)12-13-30-21-9-5-7-16-6-3-4-8-19(16)21/h3-11,14-15,26H,2,12-13H2,1H3/b22-15-. The Morgan fingerprint density at radius 2 is 1.84 bits per heavy atom. The Hall–Kier alpha value is -3.45. The van der Waals surface area contributed by atoms with Crippen LogP contribution in [0, 0.1) is 0 Å². The Kier molecular flexibility index (Phi) is 6.13. The maximum absolute atomic E-state index is 12.7. The van der Waals surface area contributed by atoms with E-state index >= 15 is 0 Å². The van der Waals surface area contributed by atoms with Gasteiger partial charge in [0, 0.05) is 10.9 Å². The zero-order valence-electron chi connectivity index (χ0n) is 16.9. The van der Waals surface area contributed by atoms with Crippen molar-refractivity contribution in [3.05, 3.63) is 71.1 Å². The molecular formula is C24H21NO5S. The van der Waals surface area contributed by atoms with Crippen LogP contribution >= 0.6 is 11.8 Å². The maximum Gasteiger partial charge on any atom is 0.293 e. The van der Waals surface area contributed by atoms with E-state index in [0.29, 0.717) is 23.7 Å². The molecule has 1 fully saturated rings. The summed E-state index contributed by atoms with van der Waals surface area (Å²) >= 11 is 0.844. The van der Waals surface area contributed by atoms with Crippen LogP contribution in [-0.4, -0.2) is 40.9 Å². The van der Waals surface area contributed by atoms with Gasteiger partial charge >= 0.3 is 0 Å². The zero-order chi connectivity index (χ0) is 21.8. The van der Waals surface area contributed by atoms with Crippen LogP contribution in [0.3, 0.4) is 0 Å². The van der Waals surface area contributed by atoms with Gasteiger partial charge in [-0.05, 0) is 54.4 Å². The zero-order valence-corrected chi connectivity index (χ0v) is 17.7. The number of ether oxygens (including phenoxy) is 2. The molecule has 0 radical (unpaired) electrons. The summed E-state index contributed by atoms with van der Waals surface area (Å²) in [7, 11) is 0. The van der Waals surface area contributed by atoms with Gasteiger partial charge in [0.15, 0.2) is 0 Å². The highest BCUT2D eigenvalue weighted by Crippen LogP contribution is 2.35. The number of thioether (sulfide) groups is 1. The molecule has 1 heterocycles. The number of rotatable bonds is 7. The fourth-order valence-corrected chi connectivity index (χ4v) is 4.16. The molecule has 0 aliphatic carbocycles. The van der Waals surface area contributed by atoms with Gasteiger partial charge in [-0.1, -0.05) is 36.4 Å². The molecule has 1 aliphatic heterocycles. The van der Waals surface area contributed by atoms with Gasteiger partial charge in [-0.2, -0.15) is 0 Å². The molecule has 7 heteroatoms. The number of fused-ring (bicyclic) bond motifs is 1. The molecule has 31 heavy (non-hydrogen) atoms. The highest BCUT2D eigenvalue weighted by atomic mass is 32.2. The highest BCUT2D eigenvalue weighted by Gasteiger charge is 2.35. The summed E-state index contributed by atoms with van der Waals surface area (Å²) in [6.07, 6.45) is 1.51. The van der Waals surface area contributed by atoms with E-state index in [4.69, 9.17) is 9.47 Å². The minimum absolute atomic E-state index is 0.00883. The van der Waals surface area contributed by atoms with Crippen molar-refractivity contribution in [2.75, 3.05) is 19.8 Å². The Morgan fingerprint density at radius 3 is 2.68 bits per heavy atom. The van der Waals surface area contributed by atoms with Gasteiger partial charge in [0.2, 0.25) is 0 Å². The summed E-state index contributed by atoms with van der Waals surface area (Å²) in [6.45, 7) is 2.66. The van der Waals surface area contributed by atoms with Crippen LogP contribution < -0.4 is 9.47 Å². The lowest BCUT2D eigenvalue weighted by Crippen LogP contribution is -2.32. The fourth-order valence-electron chi connectivity index (χ4n) is 3.31. The summed E-state index contributed by atoms with van der Waals surface area (Å²) in [5.74, 6) is 0.889. The quantitative estimate of drug-likeness (QED) is 0.523. The van der Waals surface area contributed by atoms with E-state index in [0.717, 1.165) is 27.4 Å². The molecule has 0 spiro atoms. The third-order valence-electron chi connectivity index (χ3n) is 4.79. The average molecular weight is 436 g/mol. The number of imide groups is 1. The molecule has 1 N–H and O–H groups in total. The number of benzene rings is 3. The number of nitrogens with zero attached hydrogens (tertiary/aromatic N) is 1. The minimum Gasteiger partial charge on any atom is -0.507 e. The molecule has 0 aromatic heterocycles. The van der Waals surface area contributed by atoms with E-state index in [1.807, 2.05) is 49.4 Å². The number of carbonyl (C=O) groups is 2. The second kappa shape index (κ2) is 9.14. The third kappa shape index (κ3) is 4.51. The van der Waals surface area contributed by atoms with Crippen molar-refractivity contribution in [1.82, 2.24) is 4.90 Å². The number of hydrogen-bond acceptors (Lipinski definition) is 6. The second-order valence-corrected chi connectivity index (χ2v) is 7.81. The van der Waals surface area contributed by atoms with Crippen LogP contribution in [-0.2, 0) is 4.79 Å². The SMILES string of the molecule is CCOc1ccc(O)c(/C=C2\SC(=O)N(CCOc3cccc4ccccc34)C2=O)c1. The lowest BCUT2D eigenvalue weighted by atomic mass is 10.1. The smallest absolute Gasteiger partial charge is 0.293 e. The molecule has 0 atom stereocenters. The van der Waals surface area contributed by atoms with Gasteiger partial charge in [0.05, 0.1) is 18.1 Å². The number of hydrogen-bond donors (Lipinski definition) is 1. The summed E-state index contributed by atoms with van der Waals surface area (Å²) in [5.41, 5.74) is 0.420. The predicted octanol–water partition coefficient (Wildman–Crippen LogP) is 5.06. The Labute approximate surface area is 184 Å². The van der Waals surface area contributed by atoms with Crippen molar-refractivity contribution in [3.63, 3.8) is 0 Å². The van der Waals surface area contributed by atoms with Gasteiger partial charge in [0.25, 0.3) is 11.1 Å². The predicted molar refractivity (Wildman–Crippen MR) is 121 cm³/mol. The van der Waals surface area contributed by atoms with Crippen molar-refractivity contribution in [3.8, 4) is 17.2 Å². The van der Waals surface area contributed by atoms with Crippen LogP contribution in [0.5, 0.6) is 17.2 Å². The van der Waals surface area contributed by atoms with Gasteiger partial charge in [-0.3, -0.25) is 14.5 Å². The summed E-state index contributed by atoms with van der Waals surface area (Å²) < 4.78 is 11.3. The van der Waals surface area contributed by atoms with Crippen molar-refractivity contribution in [2.24, 2.45) is 0 Å². The van der Waals surface area contributed by atoms with Crippen LogP contribution in [0.4, 0.5) is 4.79 Å². The highest BCUT2D eigenvalue weighted by molar-refractivity contribution is 8.18. The van der Waals surface area contributed by atoms with Gasteiger partial charge in [-0.25, -0.2) is 0 Å². The number of carbonyl (C=O) groups excluding carboxylic acids is 2. The van der Waals surface area contributed by atoms with E-state index in [2.05, 4.69) is 0 Å². The first-order valence-electron chi connectivity index (χ1n) is 9.88. The molecule has 3 aromatic rings. The summed E-state index contributed by atoms with van der Waals surface area (Å²) in [4.78, 5) is 26.5. The third-order valence-corrected chi connectivity index (χ3v) is 5.70. The Bertz CT molecular complexity index is 1170. The maximum atomic E-state index is 12.7. The lowest BCUT2D eigenvalue weighted by Gasteiger charge is -2.14. The van der Waals surface area contributed by atoms with E-state index in [9.17, 15) is 14.7 Å². The monoisotopic (exact) mass is 435 g/mol. The number of phenols is 1. The van der Waals surface area contributed by atoms with E-state index < -0.39 is 5.91 Å². The van der Waals surface area contributed by atoms with Gasteiger partial charge in [0.1, 0.15) is 23.9 Å². The normalized spacial score (nSPS) is 15.1. The number of aromatic hydroxyl groups is 1. The molecule has 6 nitrogen and oxygen atoms in total. The second-order valence-electron chi connectivity index (χ2n) is 6.81. The average Bonchev–Trinajstić information content (AvgIpc) is 3.04. The molecule has 0 unspecified atom stereocenters. The van der Waals surface area contributed by atoms with Crippen molar-refractivity contribution >= 4 is 39.8 Å². The molecule has 1 aliphatic rings. The molecule has 1 saturated heterocycles. The minimum atomic E-state index is -0.405. The van der Waals surface area contributed by atoms with Gasteiger partial charge < -0.3 is 14.6 Å². The topological polar surface area (TPSA) is 76.1 Å². The molecule has 3 aromatic carbocycles. The van der Waals surface area contributed by atoms with Crippen LogP contribution in [0.15, 0.2) is 65.6 Å². The Morgan fingerprint density at radius 1 is 1.03 bits per heavy atom. The van der Waals surface area contributed by atoms with Crippen LogP contribution in [0.2, 0.25) is 0 Å². The Balaban J connectivity index is 1.45. The summed E-state index contributed by atoms with van der Waals surface area (Å²) in [5, 5.41) is 11.8. The van der Waals surface area contributed by atoms with Crippen molar-refractivity contribution < 1.29 is 24.2 Å². The number of amides is 2.